The van der Waals surface area contributed by atoms with E-state index in [0.717, 1.165) is 24.3 Å². The van der Waals surface area contributed by atoms with E-state index in [1.807, 2.05) is 0 Å². The van der Waals surface area contributed by atoms with Gasteiger partial charge in [-0.05, 0) is 42.7 Å². The zero-order valence-corrected chi connectivity index (χ0v) is 10.9. The quantitative estimate of drug-likeness (QED) is 0.773. The molecule has 0 spiro atoms. The van der Waals surface area contributed by atoms with Gasteiger partial charge in [0.2, 0.25) is 0 Å². The van der Waals surface area contributed by atoms with E-state index in [1.54, 1.807) is 23.9 Å². The molecule has 1 aromatic carbocycles. The van der Waals surface area contributed by atoms with Crippen LogP contribution in [0.4, 0.5) is 13.2 Å². The Morgan fingerprint density at radius 1 is 1.22 bits per heavy atom. The van der Waals surface area contributed by atoms with Gasteiger partial charge < -0.3 is 10.1 Å². The molecule has 0 aliphatic heterocycles. The Balaban J connectivity index is 2.32. The van der Waals surface area contributed by atoms with Gasteiger partial charge in [-0.15, -0.1) is 13.2 Å². The molecule has 2 nitrogen and oxygen atoms in total. The number of hydrogen-bond acceptors (Lipinski definition) is 3. The van der Waals surface area contributed by atoms with E-state index in [-0.39, 0.29) is 5.75 Å². The topological polar surface area (TPSA) is 21.3 Å². The van der Waals surface area contributed by atoms with Crippen molar-refractivity contribution < 1.29 is 17.9 Å². The number of hydrogen-bond donors (Lipinski definition) is 1. The Bertz CT molecular complexity index is 340. The maximum absolute atomic E-state index is 11.9. The number of nitrogens with one attached hydrogen (secondary N) is 1. The van der Waals surface area contributed by atoms with Gasteiger partial charge in [-0.1, -0.05) is 12.1 Å². The van der Waals surface area contributed by atoms with Crippen LogP contribution >= 0.6 is 11.8 Å². The highest BCUT2D eigenvalue weighted by Crippen LogP contribution is 2.22. The van der Waals surface area contributed by atoms with Gasteiger partial charge in [-0.2, -0.15) is 11.8 Å². The summed E-state index contributed by atoms with van der Waals surface area (Å²) in [5, 5.41) is 3.23. The first-order valence-electron chi connectivity index (χ1n) is 5.55. The minimum atomic E-state index is -4.63. The van der Waals surface area contributed by atoms with Crippen molar-refractivity contribution in [1.29, 1.82) is 0 Å². The van der Waals surface area contributed by atoms with Crippen molar-refractivity contribution in [2.45, 2.75) is 19.3 Å². The number of alkyl halides is 3. The van der Waals surface area contributed by atoms with E-state index >= 15 is 0 Å². The monoisotopic (exact) mass is 279 g/mol. The third kappa shape index (κ3) is 6.76. The van der Waals surface area contributed by atoms with Crippen LogP contribution in [0.3, 0.4) is 0 Å². The third-order valence-corrected chi connectivity index (χ3v) is 2.88. The van der Waals surface area contributed by atoms with E-state index in [1.165, 1.54) is 12.1 Å². The molecule has 1 rings (SSSR count). The van der Waals surface area contributed by atoms with Crippen LogP contribution in [0.2, 0.25) is 0 Å². The minimum absolute atomic E-state index is 0.186. The van der Waals surface area contributed by atoms with Crippen LogP contribution in [-0.4, -0.2) is 24.9 Å². The van der Waals surface area contributed by atoms with Crippen LogP contribution in [-0.2, 0) is 6.54 Å². The van der Waals surface area contributed by atoms with Crippen LogP contribution in [0, 0.1) is 0 Å². The number of benzene rings is 1. The molecule has 0 aromatic heterocycles. The highest BCUT2D eigenvalue weighted by molar-refractivity contribution is 7.98. The maximum atomic E-state index is 11.9. The normalized spacial score (nSPS) is 11.6. The molecule has 1 N–H and O–H groups in total. The molecule has 18 heavy (non-hydrogen) atoms. The molecule has 0 radical (unpaired) electrons. The fraction of sp³-hybridized carbons (Fsp3) is 0.500. The molecule has 0 unspecified atom stereocenters. The number of halogens is 3. The zero-order chi connectivity index (χ0) is 13.4. The van der Waals surface area contributed by atoms with Gasteiger partial charge in [0.1, 0.15) is 5.75 Å². The summed E-state index contributed by atoms with van der Waals surface area (Å²) in [6, 6.07) is 5.91. The van der Waals surface area contributed by atoms with Gasteiger partial charge in [0.05, 0.1) is 0 Å². The van der Waals surface area contributed by atoms with Crippen LogP contribution in [0.1, 0.15) is 12.0 Å². The summed E-state index contributed by atoms with van der Waals surface area (Å²) in [4.78, 5) is 0. The summed E-state index contributed by atoms with van der Waals surface area (Å²) >= 11 is 1.79. The maximum Gasteiger partial charge on any atom is 0.573 e. The number of rotatable bonds is 7. The second kappa shape index (κ2) is 7.53. The first kappa shape index (κ1) is 15.2. The van der Waals surface area contributed by atoms with Crippen molar-refractivity contribution in [1.82, 2.24) is 5.32 Å². The fourth-order valence-corrected chi connectivity index (χ4v) is 1.82. The average molecular weight is 279 g/mol. The van der Waals surface area contributed by atoms with Crippen LogP contribution < -0.4 is 10.1 Å². The van der Waals surface area contributed by atoms with Crippen molar-refractivity contribution in [2.24, 2.45) is 0 Å². The van der Waals surface area contributed by atoms with Gasteiger partial charge in [0.15, 0.2) is 0 Å². The SMILES string of the molecule is CSCCCNCc1ccc(OC(F)(F)F)cc1. The summed E-state index contributed by atoms with van der Waals surface area (Å²) in [5.41, 5.74) is 0.939. The molecule has 0 atom stereocenters. The molecule has 0 fully saturated rings. The molecular formula is C12H16F3NOS. The summed E-state index contributed by atoms with van der Waals surface area (Å²) in [6.07, 6.45) is -1.49. The molecule has 1 aromatic rings. The summed E-state index contributed by atoms with van der Waals surface area (Å²) in [7, 11) is 0. The second-order valence-corrected chi connectivity index (χ2v) is 4.70. The lowest BCUT2D eigenvalue weighted by atomic mass is 10.2. The van der Waals surface area contributed by atoms with Crippen LogP contribution in [0.15, 0.2) is 24.3 Å². The number of ether oxygens (including phenoxy) is 1. The molecular weight excluding hydrogens is 263 g/mol. The fourth-order valence-electron chi connectivity index (χ4n) is 1.38. The van der Waals surface area contributed by atoms with Crippen molar-refractivity contribution >= 4 is 11.8 Å². The molecule has 0 saturated heterocycles. The Morgan fingerprint density at radius 3 is 2.44 bits per heavy atom. The van der Waals surface area contributed by atoms with E-state index in [4.69, 9.17) is 0 Å². The second-order valence-electron chi connectivity index (χ2n) is 3.71. The van der Waals surface area contributed by atoms with Crippen LogP contribution in [0.5, 0.6) is 5.75 Å². The number of thioether (sulfide) groups is 1. The average Bonchev–Trinajstić information content (AvgIpc) is 2.29. The standard InChI is InChI=1S/C12H16F3NOS/c1-18-8-2-7-16-9-10-3-5-11(6-4-10)17-12(13,14)15/h3-6,16H,2,7-9H2,1H3. The molecule has 0 amide bonds. The minimum Gasteiger partial charge on any atom is -0.406 e. The Labute approximate surface area is 109 Å². The summed E-state index contributed by atoms with van der Waals surface area (Å²) < 4.78 is 39.6. The largest absolute Gasteiger partial charge is 0.573 e. The first-order valence-corrected chi connectivity index (χ1v) is 6.95. The van der Waals surface area contributed by atoms with Crippen molar-refractivity contribution in [2.75, 3.05) is 18.6 Å². The van der Waals surface area contributed by atoms with E-state index in [0.29, 0.717) is 6.54 Å². The predicted octanol–water partition coefficient (Wildman–Crippen LogP) is 3.43. The lowest BCUT2D eigenvalue weighted by molar-refractivity contribution is -0.274. The lowest BCUT2D eigenvalue weighted by Gasteiger charge is -2.09. The van der Waals surface area contributed by atoms with Gasteiger partial charge in [0, 0.05) is 6.54 Å². The summed E-state index contributed by atoms with van der Waals surface area (Å²) in [5.74, 6) is 0.916. The highest BCUT2D eigenvalue weighted by atomic mass is 32.2. The smallest absolute Gasteiger partial charge is 0.406 e. The predicted molar refractivity (Wildman–Crippen MR) is 67.8 cm³/mol. The Hall–Kier alpha value is -0.880. The molecule has 102 valence electrons. The highest BCUT2D eigenvalue weighted by Gasteiger charge is 2.30. The van der Waals surface area contributed by atoms with Gasteiger partial charge in [0.25, 0.3) is 0 Å². The first-order chi connectivity index (χ1) is 8.51. The molecule has 6 heteroatoms. The van der Waals surface area contributed by atoms with Gasteiger partial charge in [-0.3, -0.25) is 0 Å². The third-order valence-electron chi connectivity index (χ3n) is 2.19. The van der Waals surface area contributed by atoms with Crippen molar-refractivity contribution in [3.63, 3.8) is 0 Å². The van der Waals surface area contributed by atoms with Crippen molar-refractivity contribution in [3.05, 3.63) is 29.8 Å². The Kier molecular flexibility index (Phi) is 6.35. The molecule has 0 bridgehead atoms. The van der Waals surface area contributed by atoms with E-state index < -0.39 is 6.36 Å². The van der Waals surface area contributed by atoms with E-state index in [9.17, 15) is 13.2 Å². The Morgan fingerprint density at radius 2 is 1.89 bits per heavy atom. The molecule has 0 aliphatic rings. The molecule has 0 saturated carbocycles. The van der Waals surface area contributed by atoms with Crippen LogP contribution in [0.25, 0.3) is 0 Å². The lowest BCUT2D eigenvalue weighted by Crippen LogP contribution is -2.17. The van der Waals surface area contributed by atoms with Gasteiger partial charge in [-0.25, -0.2) is 0 Å². The van der Waals surface area contributed by atoms with Crippen molar-refractivity contribution in [3.8, 4) is 5.75 Å². The molecule has 0 aliphatic carbocycles. The van der Waals surface area contributed by atoms with E-state index in [2.05, 4.69) is 16.3 Å². The van der Waals surface area contributed by atoms with Gasteiger partial charge >= 0.3 is 6.36 Å². The summed E-state index contributed by atoms with van der Waals surface area (Å²) in [6.45, 7) is 1.56. The molecule has 0 heterocycles. The zero-order valence-electron chi connectivity index (χ0n) is 10.1.